The Labute approximate surface area is 184 Å². The van der Waals surface area contributed by atoms with Crippen molar-refractivity contribution in [1.29, 1.82) is 0 Å². The first-order valence-corrected chi connectivity index (χ1v) is 10.6. The number of carbonyl (C=O) groups is 2. The van der Waals surface area contributed by atoms with Gasteiger partial charge in [0, 0.05) is 16.8 Å². The molecule has 0 spiro atoms. The molecule has 168 valence electrons. The van der Waals surface area contributed by atoms with Crippen LogP contribution >= 0.6 is 0 Å². The maximum absolute atomic E-state index is 13.2. The minimum Gasteiger partial charge on any atom is -0.397 e. The van der Waals surface area contributed by atoms with Crippen molar-refractivity contribution in [2.75, 3.05) is 11.1 Å². The molecule has 8 nitrogen and oxygen atoms in total. The van der Waals surface area contributed by atoms with E-state index in [0.717, 1.165) is 24.3 Å². The lowest BCUT2D eigenvalue weighted by Gasteiger charge is -2.23. The van der Waals surface area contributed by atoms with Crippen molar-refractivity contribution < 1.29 is 31.2 Å². The maximum atomic E-state index is 13.2. The van der Waals surface area contributed by atoms with Gasteiger partial charge < -0.3 is 11.1 Å². The van der Waals surface area contributed by atoms with E-state index < -0.39 is 49.5 Å². The lowest BCUT2D eigenvalue weighted by molar-refractivity contribution is -0.137. The Hall–Kier alpha value is -4.06. The van der Waals surface area contributed by atoms with Crippen molar-refractivity contribution in [3.05, 3.63) is 87.3 Å². The van der Waals surface area contributed by atoms with Crippen LogP contribution in [0.15, 0.2) is 64.1 Å². The Morgan fingerprint density at radius 1 is 0.879 bits per heavy atom. The number of sulfonamides is 1. The molecule has 1 aliphatic carbocycles. The quantitative estimate of drug-likeness (QED) is 0.332. The van der Waals surface area contributed by atoms with Crippen molar-refractivity contribution in [2.24, 2.45) is 4.58 Å². The van der Waals surface area contributed by atoms with Gasteiger partial charge in [0.05, 0.1) is 32.6 Å². The van der Waals surface area contributed by atoms with Gasteiger partial charge in [-0.2, -0.15) is 21.6 Å². The summed E-state index contributed by atoms with van der Waals surface area (Å²) in [4.78, 5) is 36.4. The second-order valence-electron chi connectivity index (χ2n) is 7.04. The molecule has 0 amide bonds. The van der Waals surface area contributed by atoms with Crippen LogP contribution in [0.2, 0.25) is 0 Å². The van der Waals surface area contributed by atoms with Gasteiger partial charge in [-0.1, -0.05) is 30.3 Å². The summed E-state index contributed by atoms with van der Waals surface area (Å²) in [5.74, 6) is -1.49. The van der Waals surface area contributed by atoms with Gasteiger partial charge in [-0.3, -0.25) is 9.59 Å². The standard InChI is InChI=1S/C21H12F3N3O5S/c22-21(23,24)10-4-3-5-11(8-10)26-14-9-15(33(31,32)27-30)18(25)17-16(14)19(28)12-6-1-2-7-13(12)20(17)29/h1-9,26H,25H2. The molecule has 33 heavy (non-hydrogen) atoms. The Balaban J connectivity index is 2.00. The molecule has 3 aromatic carbocycles. The summed E-state index contributed by atoms with van der Waals surface area (Å²) in [7, 11) is -4.87. The van der Waals surface area contributed by atoms with E-state index in [9.17, 15) is 36.1 Å². The van der Waals surface area contributed by atoms with Gasteiger partial charge in [0.1, 0.15) is 4.90 Å². The van der Waals surface area contributed by atoms with Crippen molar-refractivity contribution in [3.63, 3.8) is 0 Å². The highest BCUT2D eigenvalue weighted by atomic mass is 32.2. The average Bonchev–Trinajstić information content (AvgIpc) is 2.78. The number of nitrogens with zero attached hydrogens (tertiary/aromatic N) is 1. The van der Waals surface area contributed by atoms with Crippen LogP contribution in [0.3, 0.4) is 0 Å². The number of benzene rings is 3. The van der Waals surface area contributed by atoms with Gasteiger partial charge in [0.2, 0.25) is 0 Å². The predicted molar refractivity (Wildman–Crippen MR) is 112 cm³/mol. The fourth-order valence-electron chi connectivity index (χ4n) is 3.57. The number of nitroso groups, excluding NO2 is 1. The van der Waals surface area contributed by atoms with Crippen LogP contribution in [0.25, 0.3) is 0 Å². The molecule has 3 aromatic rings. The molecule has 3 N–H and O–H groups in total. The number of nitrogen functional groups attached to an aromatic ring is 1. The van der Waals surface area contributed by atoms with Crippen LogP contribution in [0, 0.1) is 4.91 Å². The predicted octanol–water partition coefficient (Wildman–Crippen LogP) is 4.26. The summed E-state index contributed by atoms with van der Waals surface area (Å²) >= 11 is 0. The van der Waals surface area contributed by atoms with Gasteiger partial charge in [0.25, 0.3) is 0 Å². The number of anilines is 3. The van der Waals surface area contributed by atoms with E-state index in [2.05, 4.69) is 9.90 Å². The normalized spacial score (nSPS) is 13.3. The van der Waals surface area contributed by atoms with E-state index >= 15 is 0 Å². The third kappa shape index (κ3) is 3.63. The Morgan fingerprint density at radius 2 is 1.48 bits per heavy atom. The lowest BCUT2D eigenvalue weighted by atomic mass is 9.82. The molecule has 0 radical (unpaired) electrons. The third-order valence-electron chi connectivity index (χ3n) is 5.04. The van der Waals surface area contributed by atoms with E-state index in [0.29, 0.717) is 0 Å². The monoisotopic (exact) mass is 475 g/mol. The number of carbonyl (C=O) groups excluding carboxylic acids is 2. The number of alkyl halides is 3. The van der Waals surface area contributed by atoms with Gasteiger partial charge >= 0.3 is 16.2 Å². The largest absolute Gasteiger partial charge is 0.416 e. The zero-order valence-corrected chi connectivity index (χ0v) is 17.1. The first-order chi connectivity index (χ1) is 15.5. The molecular formula is C21H12F3N3O5S. The summed E-state index contributed by atoms with van der Waals surface area (Å²) in [5, 5.41) is 2.55. The van der Waals surface area contributed by atoms with Crippen molar-refractivity contribution in [1.82, 2.24) is 0 Å². The number of hydrogen-bond donors (Lipinski definition) is 2. The Bertz CT molecular complexity index is 1470. The highest BCUT2D eigenvalue weighted by molar-refractivity contribution is 7.90. The van der Waals surface area contributed by atoms with E-state index in [1.54, 1.807) is 0 Å². The number of ketones is 2. The molecule has 0 atom stereocenters. The van der Waals surface area contributed by atoms with Crippen molar-refractivity contribution >= 4 is 38.7 Å². The lowest BCUT2D eigenvalue weighted by Crippen LogP contribution is -2.25. The second-order valence-corrected chi connectivity index (χ2v) is 8.58. The van der Waals surface area contributed by atoms with Crippen LogP contribution in [-0.4, -0.2) is 20.0 Å². The van der Waals surface area contributed by atoms with Crippen LogP contribution in [-0.2, 0) is 16.2 Å². The first kappa shape index (κ1) is 22.1. The third-order valence-corrected chi connectivity index (χ3v) is 6.13. The number of fused-ring (bicyclic) bond motifs is 2. The summed E-state index contributed by atoms with van der Waals surface area (Å²) in [6.45, 7) is 0. The fraction of sp³-hybridized carbons (Fsp3) is 0.0476. The summed E-state index contributed by atoms with van der Waals surface area (Å²) in [5.41, 5.74) is 2.89. The van der Waals surface area contributed by atoms with Crippen molar-refractivity contribution in [2.45, 2.75) is 11.1 Å². The summed E-state index contributed by atoms with van der Waals surface area (Å²) < 4.78 is 65.8. The van der Waals surface area contributed by atoms with Gasteiger partial charge in [-0.05, 0) is 24.3 Å². The van der Waals surface area contributed by atoms with Crippen LogP contribution in [0.5, 0.6) is 0 Å². The van der Waals surface area contributed by atoms with E-state index in [4.69, 9.17) is 5.73 Å². The van der Waals surface area contributed by atoms with E-state index in [-0.39, 0.29) is 28.1 Å². The van der Waals surface area contributed by atoms with Gasteiger partial charge in [-0.15, -0.1) is 4.91 Å². The molecule has 4 rings (SSSR count). The minimum atomic E-state index is -4.87. The molecule has 12 heteroatoms. The highest BCUT2D eigenvalue weighted by Crippen LogP contribution is 2.41. The molecule has 0 bridgehead atoms. The Kier molecular flexibility index (Phi) is 5.04. The number of halogens is 3. The highest BCUT2D eigenvalue weighted by Gasteiger charge is 2.37. The smallest absolute Gasteiger partial charge is 0.397 e. The topological polar surface area (TPSA) is 136 Å². The van der Waals surface area contributed by atoms with Crippen LogP contribution in [0.1, 0.15) is 37.4 Å². The molecule has 0 saturated carbocycles. The van der Waals surface area contributed by atoms with Crippen LogP contribution < -0.4 is 11.1 Å². The number of hydrogen-bond acceptors (Lipinski definition) is 7. The molecule has 0 heterocycles. The summed E-state index contributed by atoms with van der Waals surface area (Å²) in [6.07, 6.45) is -4.67. The zero-order chi connectivity index (χ0) is 24.1. The molecule has 0 aromatic heterocycles. The van der Waals surface area contributed by atoms with E-state index in [1.165, 1.54) is 30.3 Å². The number of nitrogens with one attached hydrogen (secondary N) is 1. The molecule has 0 aliphatic heterocycles. The maximum Gasteiger partial charge on any atom is 0.416 e. The average molecular weight is 475 g/mol. The molecule has 0 fully saturated rings. The van der Waals surface area contributed by atoms with Gasteiger partial charge in [-0.25, -0.2) is 0 Å². The number of nitrogens with two attached hydrogens (primary N) is 1. The van der Waals surface area contributed by atoms with Gasteiger partial charge in [0.15, 0.2) is 11.6 Å². The first-order valence-electron chi connectivity index (χ1n) is 9.14. The fourth-order valence-corrected chi connectivity index (χ4v) is 4.30. The zero-order valence-electron chi connectivity index (χ0n) is 16.3. The number of rotatable bonds is 4. The van der Waals surface area contributed by atoms with Crippen LogP contribution in [0.4, 0.5) is 30.2 Å². The molecular weight excluding hydrogens is 463 g/mol. The molecule has 0 unspecified atom stereocenters. The molecule has 1 aliphatic rings. The van der Waals surface area contributed by atoms with E-state index in [1.807, 2.05) is 0 Å². The Morgan fingerprint density at radius 3 is 2.06 bits per heavy atom. The summed E-state index contributed by atoms with van der Waals surface area (Å²) in [6, 6.07) is 10.4. The minimum absolute atomic E-state index is 0.00520. The van der Waals surface area contributed by atoms with Crippen molar-refractivity contribution in [3.8, 4) is 0 Å². The second kappa shape index (κ2) is 7.52. The SMILES string of the molecule is Nc1c(S(=O)(=O)N=O)cc(Nc2cccc(C(F)(F)F)c2)c2c1C(=O)c1ccccc1C2=O. The molecule has 0 saturated heterocycles.